The van der Waals surface area contributed by atoms with E-state index in [2.05, 4.69) is 6.07 Å². The Morgan fingerprint density at radius 3 is 2.35 bits per heavy atom. The Kier molecular flexibility index (Phi) is 6.83. The molecule has 1 heterocycles. The van der Waals surface area contributed by atoms with E-state index < -0.39 is 0 Å². The molecule has 1 aromatic heterocycles. The summed E-state index contributed by atoms with van der Waals surface area (Å²) in [5, 5.41) is 1.50. The third-order valence-corrected chi connectivity index (χ3v) is 2.67. The maximum absolute atomic E-state index is 11.8. The van der Waals surface area contributed by atoms with Gasteiger partial charge in [0, 0.05) is 32.7 Å². The quantitative estimate of drug-likeness (QED) is 0.619. The molecular formula is C17H15O2Y-. The topological polar surface area (TPSA) is 30.2 Å². The Morgan fingerprint density at radius 1 is 1.00 bits per heavy atom. The van der Waals surface area contributed by atoms with Gasteiger partial charge in [-0.3, -0.25) is 0 Å². The van der Waals surface area contributed by atoms with Gasteiger partial charge in [0.05, 0.1) is 5.39 Å². The van der Waals surface area contributed by atoms with E-state index in [0.717, 1.165) is 10.9 Å². The van der Waals surface area contributed by atoms with Crippen LogP contribution in [0.3, 0.4) is 0 Å². The fourth-order valence-electron chi connectivity index (χ4n) is 1.83. The van der Waals surface area contributed by atoms with Crippen molar-refractivity contribution in [3.8, 4) is 11.3 Å². The minimum absolute atomic E-state index is 0. The van der Waals surface area contributed by atoms with Gasteiger partial charge in [-0.15, -0.1) is 0 Å². The summed E-state index contributed by atoms with van der Waals surface area (Å²) in [5.41, 5.74) is 0.581. The van der Waals surface area contributed by atoms with E-state index in [0.29, 0.717) is 11.1 Å². The Balaban J connectivity index is 0.000000639. The smallest absolute Gasteiger partial charge is 0.344 e. The van der Waals surface area contributed by atoms with E-state index in [1.54, 1.807) is 18.2 Å². The van der Waals surface area contributed by atoms with Crippen molar-refractivity contribution in [2.24, 2.45) is 0 Å². The molecule has 0 aliphatic rings. The zero-order valence-corrected chi connectivity index (χ0v) is 14.4. The van der Waals surface area contributed by atoms with E-state index >= 15 is 0 Å². The molecule has 99 valence electrons. The van der Waals surface area contributed by atoms with Gasteiger partial charge in [-0.2, -0.15) is 30.3 Å². The van der Waals surface area contributed by atoms with Crippen LogP contribution < -0.4 is 5.63 Å². The average Bonchev–Trinajstić information content (AvgIpc) is 2.50. The molecule has 1 radical (unpaired) electrons. The van der Waals surface area contributed by atoms with Gasteiger partial charge < -0.3 is 4.42 Å². The first-order valence-corrected chi connectivity index (χ1v) is 6.34. The Bertz CT molecular complexity index is 718. The van der Waals surface area contributed by atoms with Gasteiger partial charge in [0.1, 0.15) is 5.76 Å². The maximum atomic E-state index is 11.8. The van der Waals surface area contributed by atoms with Crippen LogP contribution in [0.1, 0.15) is 13.8 Å². The van der Waals surface area contributed by atoms with Crippen LogP contribution in [-0.2, 0) is 32.7 Å². The Morgan fingerprint density at radius 2 is 1.65 bits per heavy atom. The van der Waals surface area contributed by atoms with Crippen molar-refractivity contribution in [3.63, 3.8) is 0 Å². The molecule has 0 saturated carbocycles. The molecule has 0 aliphatic carbocycles. The van der Waals surface area contributed by atoms with Gasteiger partial charge in [0.15, 0.2) is 0 Å². The molecule has 0 amide bonds. The molecule has 0 saturated heterocycles. The summed E-state index contributed by atoms with van der Waals surface area (Å²) in [4.78, 5) is 11.8. The number of hydrogen-bond donors (Lipinski definition) is 0. The molecule has 0 fully saturated rings. The summed E-state index contributed by atoms with van der Waals surface area (Å²) in [5.74, 6) is 0.586. The first kappa shape index (κ1) is 16.8. The first-order chi connectivity index (χ1) is 9.34. The fraction of sp³-hybridized carbons (Fsp3) is 0.118. The second-order valence-corrected chi connectivity index (χ2v) is 3.77. The van der Waals surface area contributed by atoms with Crippen LogP contribution in [0.5, 0.6) is 0 Å². The summed E-state index contributed by atoms with van der Waals surface area (Å²) in [7, 11) is 0. The fourth-order valence-corrected chi connectivity index (χ4v) is 1.83. The maximum Gasteiger partial charge on any atom is 0.344 e. The van der Waals surface area contributed by atoms with Gasteiger partial charge in [-0.1, -0.05) is 37.6 Å². The van der Waals surface area contributed by atoms with Crippen molar-refractivity contribution in [2.45, 2.75) is 13.8 Å². The standard InChI is InChI=1S/C15H9O2.C2H6.Y/c16-15-13-9-5-4-8-12(13)10-14(17-15)11-6-2-1-3-7-11;1-2;/h2-10H;1-2H3;/q-1;;. The third kappa shape index (κ3) is 3.65. The molecule has 0 atom stereocenters. The summed E-state index contributed by atoms with van der Waals surface area (Å²) in [6, 6.07) is 19.6. The molecule has 0 unspecified atom stereocenters. The second-order valence-electron chi connectivity index (χ2n) is 3.77. The van der Waals surface area contributed by atoms with Gasteiger partial charge >= 0.3 is 5.63 Å². The molecule has 0 N–H and O–H groups in total. The molecule has 3 heteroatoms. The minimum atomic E-state index is -0.300. The van der Waals surface area contributed by atoms with E-state index in [9.17, 15) is 4.79 Å². The van der Waals surface area contributed by atoms with Crippen molar-refractivity contribution in [1.29, 1.82) is 0 Å². The molecule has 2 aromatic carbocycles. The van der Waals surface area contributed by atoms with Crippen molar-refractivity contribution < 1.29 is 37.1 Å². The zero-order valence-electron chi connectivity index (χ0n) is 11.6. The van der Waals surface area contributed by atoms with E-state index in [4.69, 9.17) is 4.42 Å². The molecule has 0 spiro atoms. The van der Waals surface area contributed by atoms with Crippen LogP contribution in [0, 0.1) is 6.07 Å². The van der Waals surface area contributed by atoms with Gasteiger partial charge in [0.2, 0.25) is 0 Å². The number of benzene rings is 2. The number of rotatable bonds is 1. The van der Waals surface area contributed by atoms with Crippen molar-refractivity contribution >= 4 is 10.8 Å². The van der Waals surface area contributed by atoms with E-state index in [-0.39, 0.29) is 38.3 Å². The van der Waals surface area contributed by atoms with Crippen LogP contribution >= 0.6 is 0 Å². The van der Waals surface area contributed by atoms with Crippen molar-refractivity contribution in [2.75, 3.05) is 0 Å². The van der Waals surface area contributed by atoms with Crippen molar-refractivity contribution in [3.05, 3.63) is 71.1 Å². The monoisotopic (exact) mass is 340 g/mol. The number of fused-ring (bicyclic) bond motifs is 1. The largest absolute Gasteiger partial charge is 0.425 e. The van der Waals surface area contributed by atoms with Crippen LogP contribution in [0.15, 0.2) is 63.8 Å². The minimum Gasteiger partial charge on any atom is -0.425 e. The Labute approximate surface area is 143 Å². The second kappa shape index (κ2) is 8.13. The average molecular weight is 340 g/mol. The van der Waals surface area contributed by atoms with Crippen LogP contribution in [0.25, 0.3) is 22.1 Å². The third-order valence-electron chi connectivity index (χ3n) is 2.67. The van der Waals surface area contributed by atoms with Crippen LogP contribution in [0.4, 0.5) is 0 Å². The first-order valence-electron chi connectivity index (χ1n) is 6.34. The molecule has 0 aliphatic heterocycles. The van der Waals surface area contributed by atoms with Crippen LogP contribution in [-0.4, -0.2) is 0 Å². The predicted molar refractivity (Wildman–Crippen MR) is 78.1 cm³/mol. The van der Waals surface area contributed by atoms with Crippen molar-refractivity contribution in [1.82, 2.24) is 0 Å². The summed E-state index contributed by atoms with van der Waals surface area (Å²) >= 11 is 0. The predicted octanol–water partition coefficient (Wildman–Crippen LogP) is 4.28. The summed E-state index contributed by atoms with van der Waals surface area (Å²) < 4.78 is 5.31. The number of hydrogen-bond acceptors (Lipinski definition) is 2. The van der Waals surface area contributed by atoms with Gasteiger partial charge in [0.25, 0.3) is 0 Å². The molecule has 20 heavy (non-hydrogen) atoms. The molecule has 0 bridgehead atoms. The normalized spacial score (nSPS) is 9.30. The summed E-state index contributed by atoms with van der Waals surface area (Å²) in [6.45, 7) is 4.00. The molecule has 3 aromatic rings. The molecule has 2 nitrogen and oxygen atoms in total. The SMILES string of the molecule is CC.O=c1oc(-c2cc[c-]cc2)cc2ccccc12.[Y]. The summed E-state index contributed by atoms with van der Waals surface area (Å²) in [6.07, 6.45) is 0. The Hall–Kier alpha value is -1.25. The van der Waals surface area contributed by atoms with E-state index in [1.165, 1.54) is 0 Å². The molecule has 3 rings (SSSR count). The molecular weight excluding hydrogens is 325 g/mol. The van der Waals surface area contributed by atoms with Crippen LogP contribution in [0.2, 0.25) is 0 Å². The van der Waals surface area contributed by atoms with E-state index in [1.807, 2.05) is 50.2 Å². The van der Waals surface area contributed by atoms with Gasteiger partial charge in [-0.05, 0) is 17.5 Å². The van der Waals surface area contributed by atoms with Gasteiger partial charge in [-0.25, -0.2) is 4.79 Å². The zero-order chi connectivity index (χ0) is 13.7.